The maximum atomic E-state index is 3.60. The van der Waals surface area contributed by atoms with Gasteiger partial charge in [-0.3, -0.25) is 0 Å². The summed E-state index contributed by atoms with van der Waals surface area (Å²) in [5.74, 6) is 1.22. The van der Waals surface area contributed by atoms with Crippen molar-refractivity contribution in [3.8, 4) is 0 Å². The highest BCUT2D eigenvalue weighted by atomic mass is 32.2. The third-order valence-corrected chi connectivity index (χ3v) is 4.60. The first-order chi connectivity index (χ1) is 9.65. The van der Waals surface area contributed by atoms with Crippen molar-refractivity contribution in [2.24, 2.45) is 0 Å². The summed E-state index contributed by atoms with van der Waals surface area (Å²) in [4.78, 5) is 2.44. The molecule has 0 amide bonds. The molecular formula is C17H30N2S. The second-order valence-corrected chi connectivity index (χ2v) is 6.30. The second-order valence-electron chi connectivity index (χ2n) is 5.32. The number of nitrogens with zero attached hydrogens (tertiary/aromatic N) is 1. The minimum atomic E-state index is 0.450. The molecule has 0 aliphatic heterocycles. The fourth-order valence-electron chi connectivity index (χ4n) is 2.54. The SMILES string of the molecule is CCNC(CC)c1ccccc1N(C)C(C)CCSC. The predicted octanol–water partition coefficient (Wildman–Crippen LogP) is 4.33. The van der Waals surface area contributed by atoms with Crippen molar-refractivity contribution >= 4 is 17.4 Å². The van der Waals surface area contributed by atoms with Crippen molar-refractivity contribution in [2.45, 2.75) is 45.7 Å². The summed E-state index contributed by atoms with van der Waals surface area (Å²) >= 11 is 1.93. The molecule has 1 aromatic carbocycles. The highest BCUT2D eigenvalue weighted by molar-refractivity contribution is 7.98. The highest BCUT2D eigenvalue weighted by Crippen LogP contribution is 2.29. The normalized spacial score (nSPS) is 14.1. The van der Waals surface area contributed by atoms with Crippen LogP contribution in [0.5, 0.6) is 0 Å². The molecule has 0 saturated heterocycles. The van der Waals surface area contributed by atoms with Gasteiger partial charge in [-0.05, 0) is 49.9 Å². The van der Waals surface area contributed by atoms with Crippen molar-refractivity contribution in [1.29, 1.82) is 0 Å². The molecule has 0 saturated carbocycles. The van der Waals surface area contributed by atoms with Crippen LogP contribution in [-0.2, 0) is 0 Å². The molecule has 2 unspecified atom stereocenters. The Morgan fingerprint density at radius 1 is 1.25 bits per heavy atom. The minimum Gasteiger partial charge on any atom is -0.372 e. The van der Waals surface area contributed by atoms with E-state index in [0.29, 0.717) is 12.1 Å². The van der Waals surface area contributed by atoms with Gasteiger partial charge in [-0.15, -0.1) is 0 Å². The van der Waals surface area contributed by atoms with Crippen LogP contribution in [-0.4, -0.2) is 31.6 Å². The lowest BCUT2D eigenvalue weighted by atomic mass is 10.0. The Kier molecular flexibility index (Phi) is 8.08. The van der Waals surface area contributed by atoms with E-state index in [2.05, 4.69) is 68.6 Å². The Morgan fingerprint density at radius 3 is 2.55 bits per heavy atom. The number of rotatable bonds is 9. The van der Waals surface area contributed by atoms with E-state index < -0.39 is 0 Å². The quantitative estimate of drug-likeness (QED) is 0.730. The Hall–Kier alpha value is -0.670. The van der Waals surface area contributed by atoms with Crippen LogP contribution < -0.4 is 10.2 Å². The number of para-hydroxylation sites is 1. The molecule has 0 aliphatic carbocycles. The molecule has 3 heteroatoms. The van der Waals surface area contributed by atoms with Crippen LogP contribution in [0.3, 0.4) is 0 Å². The third-order valence-electron chi connectivity index (χ3n) is 3.95. The van der Waals surface area contributed by atoms with E-state index >= 15 is 0 Å². The molecule has 114 valence electrons. The van der Waals surface area contributed by atoms with Crippen LogP contribution in [0.1, 0.15) is 45.2 Å². The van der Waals surface area contributed by atoms with Gasteiger partial charge >= 0.3 is 0 Å². The van der Waals surface area contributed by atoms with E-state index in [9.17, 15) is 0 Å². The zero-order valence-electron chi connectivity index (χ0n) is 13.6. The lowest BCUT2D eigenvalue weighted by molar-refractivity contribution is 0.534. The summed E-state index contributed by atoms with van der Waals surface area (Å²) in [6.45, 7) is 7.76. The highest BCUT2D eigenvalue weighted by Gasteiger charge is 2.17. The Bertz CT molecular complexity index is 381. The number of hydrogen-bond acceptors (Lipinski definition) is 3. The summed E-state index contributed by atoms with van der Waals surface area (Å²) in [6, 6.07) is 9.85. The van der Waals surface area contributed by atoms with Gasteiger partial charge in [0.25, 0.3) is 0 Å². The Labute approximate surface area is 129 Å². The number of anilines is 1. The zero-order valence-corrected chi connectivity index (χ0v) is 14.5. The molecule has 1 N–H and O–H groups in total. The zero-order chi connectivity index (χ0) is 15.0. The van der Waals surface area contributed by atoms with Gasteiger partial charge in [-0.25, -0.2) is 0 Å². The topological polar surface area (TPSA) is 15.3 Å². The summed E-state index contributed by atoms with van der Waals surface area (Å²) in [5.41, 5.74) is 2.80. The smallest absolute Gasteiger partial charge is 0.0414 e. The first kappa shape index (κ1) is 17.4. The average molecular weight is 295 g/mol. The fourth-order valence-corrected chi connectivity index (χ4v) is 3.12. The standard InChI is InChI=1S/C17H30N2S/c1-6-16(18-7-2)15-10-8-9-11-17(15)19(4)14(3)12-13-20-5/h8-11,14,16,18H,6-7,12-13H2,1-5H3. The monoisotopic (exact) mass is 294 g/mol. The van der Waals surface area contributed by atoms with Gasteiger partial charge < -0.3 is 10.2 Å². The van der Waals surface area contributed by atoms with E-state index in [-0.39, 0.29) is 0 Å². The Balaban J connectivity index is 2.93. The molecular weight excluding hydrogens is 264 g/mol. The second kappa shape index (κ2) is 9.30. The van der Waals surface area contributed by atoms with Gasteiger partial charge in [0.05, 0.1) is 0 Å². The molecule has 0 spiro atoms. The molecule has 20 heavy (non-hydrogen) atoms. The summed E-state index contributed by atoms with van der Waals surface area (Å²) < 4.78 is 0. The average Bonchev–Trinajstić information content (AvgIpc) is 2.49. The van der Waals surface area contributed by atoms with Crippen LogP contribution in [0.2, 0.25) is 0 Å². The molecule has 2 atom stereocenters. The first-order valence-electron chi connectivity index (χ1n) is 7.69. The summed E-state index contributed by atoms with van der Waals surface area (Å²) in [6.07, 6.45) is 4.53. The first-order valence-corrected chi connectivity index (χ1v) is 9.09. The van der Waals surface area contributed by atoms with Crippen molar-refractivity contribution < 1.29 is 0 Å². The molecule has 1 rings (SSSR count). The van der Waals surface area contributed by atoms with E-state index in [1.54, 1.807) is 0 Å². The van der Waals surface area contributed by atoms with Gasteiger partial charge in [0, 0.05) is 24.8 Å². The number of benzene rings is 1. The molecule has 0 radical (unpaired) electrons. The van der Waals surface area contributed by atoms with Crippen LogP contribution in [0, 0.1) is 0 Å². The molecule has 0 fully saturated rings. The maximum absolute atomic E-state index is 3.60. The number of hydrogen-bond donors (Lipinski definition) is 1. The molecule has 0 heterocycles. The molecule has 2 nitrogen and oxygen atoms in total. The van der Waals surface area contributed by atoms with Crippen molar-refractivity contribution in [3.05, 3.63) is 29.8 Å². The molecule has 0 aliphatic rings. The van der Waals surface area contributed by atoms with Crippen LogP contribution in [0.4, 0.5) is 5.69 Å². The maximum Gasteiger partial charge on any atom is 0.0414 e. The summed E-state index contributed by atoms with van der Waals surface area (Å²) in [5, 5.41) is 3.60. The lowest BCUT2D eigenvalue weighted by Gasteiger charge is -2.31. The molecule has 0 bridgehead atoms. The van der Waals surface area contributed by atoms with Gasteiger partial charge in [0.1, 0.15) is 0 Å². The van der Waals surface area contributed by atoms with Gasteiger partial charge in [-0.2, -0.15) is 11.8 Å². The predicted molar refractivity (Wildman–Crippen MR) is 94.0 cm³/mol. The van der Waals surface area contributed by atoms with E-state index in [4.69, 9.17) is 0 Å². The van der Waals surface area contributed by atoms with Crippen molar-refractivity contribution in [3.63, 3.8) is 0 Å². The van der Waals surface area contributed by atoms with Crippen LogP contribution >= 0.6 is 11.8 Å². The van der Waals surface area contributed by atoms with E-state index in [0.717, 1.165) is 13.0 Å². The molecule has 1 aromatic rings. The minimum absolute atomic E-state index is 0.450. The molecule has 0 aromatic heterocycles. The number of thioether (sulfide) groups is 1. The van der Waals surface area contributed by atoms with Gasteiger partial charge in [-0.1, -0.05) is 32.0 Å². The largest absolute Gasteiger partial charge is 0.372 e. The van der Waals surface area contributed by atoms with Crippen LogP contribution in [0.25, 0.3) is 0 Å². The third kappa shape index (κ3) is 4.71. The van der Waals surface area contributed by atoms with Gasteiger partial charge in [0.15, 0.2) is 0 Å². The lowest BCUT2D eigenvalue weighted by Crippen LogP contribution is -2.31. The fraction of sp³-hybridized carbons (Fsp3) is 0.647. The Morgan fingerprint density at radius 2 is 1.95 bits per heavy atom. The van der Waals surface area contributed by atoms with E-state index in [1.165, 1.54) is 23.4 Å². The van der Waals surface area contributed by atoms with Crippen molar-refractivity contribution in [1.82, 2.24) is 5.32 Å². The summed E-state index contributed by atoms with van der Waals surface area (Å²) in [7, 11) is 2.22. The van der Waals surface area contributed by atoms with E-state index in [1.807, 2.05) is 11.8 Å². The number of nitrogens with one attached hydrogen (secondary N) is 1. The van der Waals surface area contributed by atoms with Gasteiger partial charge in [0.2, 0.25) is 0 Å². The van der Waals surface area contributed by atoms with Crippen molar-refractivity contribution in [2.75, 3.05) is 30.5 Å². The van der Waals surface area contributed by atoms with Crippen LogP contribution in [0.15, 0.2) is 24.3 Å².